The number of nitrogens with zero attached hydrogens (tertiary/aromatic N) is 2. The van der Waals surface area contributed by atoms with Crippen LogP contribution >= 0.6 is 0 Å². The Balaban J connectivity index is 2.02. The van der Waals surface area contributed by atoms with Crippen LogP contribution in [0.3, 0.4) is 0 Å². The minimum absolute atomic E-state index is 0.00648. The molecule has 0 saturated carbocycles. The van der Waals surface area contributed by atoms with Crippen molar-refractivity contribution in [1.29, 1.82) is 0 Å². The number of anilines is 1. The Morgan fingerprint density at radius 3 is 2.49 bits per heavy atom. The number of amides is 1. The average Bonchev–Trinajstić information content (AvgIpc) is 3.13. The zero-order chi connectivity index (χ0) is 27.5. The number of aromatic nitrogens is 2. The molecule has 3 N–H and O–H groups in total. The van der Waals surface area contributed by atoms with E-state index in [2.05, 4.69) is 15.3 Å². The molecule has 1 amide bonds. The van der Waals surface area contributed by atoms with Gasteiger partial charge in [-0.15, -0.1) is 0 Å². The number of nitrogens with one attached hydrogen (secondary N) is 1. The van der Waals surface area contributed by atoms with Crippen LogP contribution in [0.25, 0.3) is 0 Å². The molecule has 37 heavy (non-hydrogen) atoms. The van der Waals surface area contributed by atoms with Crippen molar-refractivity contribution in [3.8, 4) is 5.75 Å². The van der Waals surface area contributed by atoms with Crippen LogP contribution in [0.1, 0.15) is 42.8 Å². The SMILES string of the molecule is COCCOc1c([C@H]2[C@H](C(=O)Nc3cnc([C@@H](O)CO)nc3)O[C@@](C)(C(F)(F)F)[C@H]2C)ccc(F)c1C. The second-order valence-corrected chi connectivity index (χ2v) is 8.91. The van der Waals surface area contributed by atoms with Crippen LogP contribution in [0.15, 0.2) is 24.5 Å². The number of halogens is 4. The van der Waals surface area contributed by atoms with Crippen LogP contribution in [0.4, 0.5) is 23.2 Å². The molecular weight excluding hydrogens is 502 g/mol. The Labute approximate surface area is 210 Å². The first-order valence-corrected chi connectivity index (χ1v) is 11.4. The molecule has 0 aliphatic carbocycles. The van der Waals surface area contributed by atoms with Crippen LogP contribution in [-0.2, 0) is 14.3 Å². The smallest absolute Gasteiger partial charge is 0.417 e. The van der Waals surface area contributed by atoms with Gasteiger partial charge in [-0.2, -0.15) is 13.2 Å². The Morgan fingerprint density at radius 1 is 1.27 bits per heavy atom. The molecule has 0 spiro atoms. The van der Waals surface area contributed by atoms with E-state index < -0.39 is 54.2 Å². The Bertz CT molecular complexity index is 1100. The molecule has 9 nitrogen and oxygen atoms in total. The topological polar surface area (TPSA) is 123 Å². The summed E-state index contributed by atoms with van der Waals surface area (Å²) in [5, 5.41) is 21.1. The summed E-state index contributed by atoms with van der Waals surface area (Å²) in [7, 11) is 1.44. The second-order valence-electron chi connectivity index (χ2n) is 8.91. The largest absolute Gasteiger partial charge is 0.491 e. The highest BCUT2D eigenvalue weighted by atomic mass is 19.4. The number of methoxy groups -OCH3 is 1. The number of ether oxygens (including phenoxy) is 3. The summed E-state index contributed by atoms with van der Waals surface area (Å²) in [4.78, 5) is 20.9. The quantitative estimate of drug-likeness (QED) is 0.333. The molecule has 1 fully saturated rings. The average molecular weight is 532 g/mol. The molecule has 2 heterocycles. The lowest BCUT2D eigenvalue weighted by atomic mass is 9.76. The molecule has 0 unspecified atom stereocenters. The summed E-state index contributed by atoms with van der Waals surface area (Å²) in [5.41, 5.74) is -2.40. The third kappa shape index (κ3) is 5.69. The van der Waals surface area contributed by atoms with E-state index in [1.54, 1.807) is 0 Å². The van der Waals surface area contributed by atoms with Gasteiger partial charge in [0.15, 0.2) is 11.4 Å². The van der Waals surface area contributed by atoms with E-state index >= 15 is 0 Å². The lowest BCUT2D eigenvalue weighted by molar-refractivity contribution is -0.272. The molecule has 1 aliphatic heterocycles. The number of alkyl halides is 3. The zero-order valence-corrected chi connectivity index (χ0v) is 20.7. The van der Waals surface area contributed by atoms with Gasteiger partial charge in [0.05, 0.1) is 31.3 Å². The Kier molecular flexibility index (Phi) is 8.73. The van der Waals surface area contributed by atoms with Gasteiger partial charge in [-0.1, -0.05) is 13.0 Å². The van der Waals surface area contributed by atoms with Gasteiger partial charge in [0.2, 0.25) is 0 Å². The maximum atomic E-state index is 14.4. The molecule has 2 aromatic rings. The van der Waals surface area contributed by atoms with Gasteiger partial charge in [-0.25, -0.2) is 14.4 Å². The summed E-state index contributed by atoms with van der Waals surface area (Å²) in [6, 6.07) is 2.41. The molecule has 1 saturated heterocycles. The van der Waals surface area contributed by atoms with Crippen LogP contribution in [0, 0.1) is 18.7 Å². The summed E-state index contributed by atoms with van der Waals surface area (Å²) < 4.78 is 73.0. The molecule has 13 heteroatoms. The molecule has 3 rings (SSSR count). The fourth-order valence-electron chi connectivity index (χ4n) is 4.26. The first kappa shape index (κ1) is 28.7. The Hall–Kier alpha value is -2.87. The Morgan fingerprint density at radius 2 is 1.92 bits per heavy atom. The number of benzene rings is 1. The van der Waals surface area contributed by atoms with Crippen molar-refractivity contribution >= 4 is 11.6 Å². The van der Waals surface area contributed by atoms with Gasteiger partial charge >= 0.3 is 6.18 Å². The number of hydrogen-bond acceptors (Lipinski definition) is 8. The van der Waals surface area contributed by atoms with Crippen molar-refractivity contribution in [3.63, 3.8) is 0 Å². The van der Waals surface area contributed by atoms with Gasteiger partial charge in [-0.05, 0) is 19.9 Å². The third-order valence-corrected chi connectivity index (χ3v) is 6.60. The highest BCUT2D eigenvalue weighted by Crippen LogP contribution is 2.55. The monoisotopic (exact) mass is 531 g/mol. The summed E-state index contributed by atoms with van der Waals surface area (Å²) in [5.74, 6) is -4.05. The summed E-state index contributed by atoms with van der Waals surface area (Å²) in [6.45, 7) is 3.15. The molecular formula is C24H29F4N3O6. The zero-order valence-electron chi connectivity index (χ0n) is 20.7. The van der Waals surface area contributed by atoms with E-state index in [0.29, 0.717) is 0 Å². The lowest BCUT2D eigenvalue weighted by Crippen LogP contribution is -2.47. The number of aliphatic hydroxyl groups is 2. The van der Waals surface area contributed by atoms with Gasteiger partial charge < -0.3 is 29.7 Å². The number of aliphatic hydroxyl groups excluding tert-OH is 2. The molecule has 1 aromatic heterocycles. The van der Waals surface area contributed by atoms with Crippen molar-refractivity contribution in [1.82, 2.24) is 9.97 Å². The van der Waals surface area contributed by atoms with E-state index in [4.69, 9.17) is 19.3 Å². The van der Waals surface area contributed by atoms with Crippen LogP contribution in [0.2, 0.25) is 0 Å². The fourth-order valence-corrected chi connectivity index (χ4v) is 4.26. The second kappa shape index (κ2) is 11.3. The van der Waals surface area contributed by atoms with Crippen LogP contribution in [-0.4, -0.2) is 70.9 Å². The third-order valence-electron chi connectivity index (χ3n) is 6.60. The highest BCUT2D eigenvalue weighted by molar-refractivity contribution is 5.95. The first-order valence-electron chi connectivity index (χ1n) is 11.4. The minimum atomic E-state index is -4.82. The van der Waals surface area contributed by atoms with Gasteiger partial charge in [0.25, 0.3) is 5.91 Å². The molecule has 5 atom stereocenters. The molecule has 0 radical (unpaired) electrons. The van der Waals surface area contributed by atoms with Crippen LogP contribution in [0.5, 0.6) is 5.75 Å². The first-order chi connectivity index (χ1) is 17.4. The lowest BCUT2D eigenvalue weighted by Gasteiger charge is -2.32. The van der Waals surface area contributed by atoms with Crippen molar-refractivity contribution in [2.45, 2.75) is 50.7 Å². The minimum Gasteiger partial charge on any atom is -0.491 e. The van der Waals surface area contributed by atoms with Crippen molar-refractivity contribution in [2.24, 2.45) is 5.92 Å². The van der Waals surface area contributed by atoms with Crippen molar-refractivity contribution in [3.05, 3.63) is 47.3 Å². The summed E-state index contributed by atoms with van der Waals surface area (Å²) >= 11 is 0. The molecule has 0 bridgehead atoms. The van der Waals surface area contributed by atoms with Crippen molar-refractivity contribution in [2.75, 3.05) is 32.2 Å². The summed E-state index contributed by atoms with van der Waals surface area (Å²) in [6.07, 6.45) is -5.53. The highest BCUT2D eigenvalue weighted by Gasteiger charge is 2.65. The standard InChI is InChI=1S/C24H29F4N3O6/c1-12-16(25)6-5-15(19(12)36-8-7-35-4)18-13(2)23(3,24(26,27)28)37-20(18)22(34)31-14-9-29-21(30-10-14)17(33)11-32/h5-6,9-10,13,17-18,20,32-33H,7-8,11H2,1-4H3,(H,31,34)/t13-,17-,18-,20+,23+/m0/s1. The van der Waals surface area contributed by atoms with E-state index in [1.807, 2.05) is 0 Å². The molecule has 204 valence electrons. The number of carbonyl (C=O) groups excluding carboxylic acids is 1. The number of hydrogen-bond donors (Lipinski definition) is 3. The predicted octanol–water partition coefficient (Wildman–Crippen LogP) is 3.05. The number of carbonyl (C=O) groups is 1. The van der Waals surface area contributed by atoms with Gasteiger partial charge in [0.1, 0.15) is 30.4 Å². The maximum absolute atomic E-state index is 14.4. The van der Waals surface area contributed by atoms with Gasteiger partial charge in [0, 0.05) is 30.1 Å². The number of rotatable bonds is 9. The normalized spacial score (nSPS) is 24.6. The van der Waals surface area contributed by atoms with E-state index in [9.17, 15) is 27.5 Å². The van der Waals surface area contributed by atoms with Gasteiger partial charge in [-0.3, -0.25) is 4.79 Å². The van der Waals surface area contributed by atoms with Crippen molar-refractivity contribution < 1.29 is 46.8 Å². The molecule has 1 aromatic carbocycles. The maximum Gasteiger partial charge on any atom is 0.417 e. The van der Waals surface area contributed by atoms with E-state index in [1.165, 1.54) is 27.0 Å². The molecule has 1 aliphatic rings. The van der Waals surface area contributed by atoms with Crippen LogP contribution < -0.4 is 10.1 Å². The van der Waals surface area contributed by atoms with E-state index in [-0.39, 0.29) is 41.6 Å². The fraction of sp³-hybridized carbons (Fsp3) is 0.542. The predicted molar refractivity (Wildman–Crippen MR) is 122 cm³/mol. The van der Waals surface area contributed by atoms with E-state index in [0.717, 1.165) is 25.4 Å².